The van der Waals surface area contributed by atoms with Gasteiger partial charge in [0, 0.05) is 55.7 Å². The average Bonchev–Trinajstić information content (AvgIpc) is 3.47. The van der Waals surface area contributed by atoms with Crippen LogP contribution in [0.5, 0.6) is 5.75 Å². The Labute approximate surface area is 246 Å². The summed E-state index contributed by atoms with van der Waals surface area (Å²) in [6.45, 7) is 13.6. The van der Waals surface area contributed by atoms with Crippen LogP contribution < -0.4 is 10.1 Å². The van der Waals surface area contributed by atoms with Gasteiger partial charge in [-0.25, -0.2) is 0 Å². The predicted octanol–water partition coefficient (Wildman–Crippen LogP) is 5.48. The van der Waals surface area contributed by atoms with Crippen LogP contribution >= 0.6 is 0 Å². The summed E-state index contributed by atoms with van der Waals surface area (Å²) < 4.78 is 23.2. The van der Waals surface area contributed by atoms with Crippen molar-refractivity contribution in [1.29, 1.82) is 5.26 Å². The molecule has 3 aromatic rings. The lowest BCUT2D eigenvalue weighted by Gasteiger charge is -2.26. The standard InChI is InChI=1S/C33H34N4O5/c1-3-28(25-8-9-30(26(20-25)22-34)41-27-10-16-39-17-11-27)32-29(35-2)21-31(42-32)23-4-6-24(7-5-23)33(38)36-12-13-37-14-18-40-19-15-37/h2-9,20-21,27H,10-19H2,1H3/p+1. The quantitative estimate of drug-likeness (QED) is 0.365. The fraction of sp³-hybridized carbons (Fsp3) is 0.364. The molecule has 42 heavy (non-hydrogen) atoms. The first kappa shape index (κ1) is 29.1. The number of allylic oxidation sites excluding steroid dienone is 1. The summed E-state index contributed by atoms with van der Waals surface area (Å²) in [5, 5.41) is 12.8. The van der Waals surface area contributed by atoms with Gasteiger partial charge in [0.2, 0.25) is 5.76 Å². The monoisotopic (exact) mass is 567 g/mol. The summed E-state index contributed by atoms with van der Waals surface area (Å²) >= 11 is 0. The van der Waals surface area contributed by atoms with Crippen molar-refractivity contribution in [1.82, 2.24) is 10.2 Å². The largest absolute Gasteiger partial charge is 0.489 e. The van der Waals surface area contributed by atoms with Gasteiger partial charge in [-0.1, -0.05) is 24.3 Å². The third-order valence-corrected chi connectivity index (χ3v) is 7.51. The van der Waals surface area contributed by atoms with E-state index in [-0.39, 0.29) is 12.0 Å². The van der Waals surface area contributed by atoms with Gasteiger partial charge in [0.1, 0.15) is 23.7 Å². The van der Waals surface area contributed by atoms with Gasteiger partial charge in [-0.3, -0.25) is 9.69 Å². The number of benzene rings is 2. The van der Waals surface area contributed by atoms with Crippen molar-refractivity contribution in [3.8, 4) is 29.7 Å². The van der Waals surface area contributed by atoms with Gasteiger partial charge in [-0.15, -0.1) is 0 Å². The predicted molar refractivity (Wildman–Crippen MR) is 160 cm³/mol. The van der Waals surface area contributed by atoms with E-state index in [4.69, 9.17) is 25.2 Å². The van der Waals surface area contributed by atoms with Crippen molar-refractivity contribution >= 4 is 17.2 Å². The van der Waals surface area contributed by atoms with Crippen LogP contribution in [0.1, 0.15) is 47.0 Å². The third-order valence-electron chi connectivity index (χ3n) is 7.51. The van der Waals surface area contributed by atoms with Gasteiger partial charge >= 0.3 is 5.69 Å². The van der Waals surface area contributed by atoms with Gasteiger partial charge in [0.15, 0.2) is 0 Å². The molecule has 2 saturated heterocycles. The molecule has 0 spiro atoms. The minimum absolute atomic E-state index is 0.0284. The van der Waals surface area contributed by atoms with E-state index in [0.29, 0.717) is 53.8 Å². The molecule has 5 rings (SSSR count). The Morgan fingerprint density at radius 3 is 2.50 bits per heavy atom. The molecule has 0 bridgehead atoms. The molecule has 2 fully saturated rings. The molecule has 216 valence electrons. The molecule has 0 aliphatic carbocycles. The van der Waals surface area contributed by atoms with Crippen LogP contribution in [-0.2, 0) is 9.47 Å². The first-order valence-corrected chi connectivity index (χ1v) is 14.3. The highest BCUT2D eigenvalue weighted by atomic mass is 16.5. The lowest BCUT2D eigenvalue weighted by molar-refractivity contribution is 0.0254. The fourth-order valence-corrected chi connectivity index (χ4v) is 5.14. The number of nitriles is 1. The molecule has 1 N–H and O–H groups in total. The van der Waals surface area contributed by atoms with Gasteiger partial charge < -0.3 is 23.9 Å². The van der Waals surface area contributed by atoms with Crippen molar-refractivity contribution in [3.05, 3.63) is 81.9 Å². The lowest BCUT2D eigenvalue weighted by Crippen LogP contribution is -2.41. The van der Waals surface area contributed by atoms with E-state index < -0.39 is 0 Å². The average molecular weight is 568 g/mol. The number of rotatable bonds is 9. The molecule has 0 unspecified atom stereocenters. The van der Waals surface area contributed by atoms with Gasteiger partial charge in [0.25, 0.3) is 12.5 Å². The molecule has 0 atom stereocenters. The molecule has 1 amide bonds. The molecular weight excluding hydrogens is 532 g/mol. The van der Waals surface area contributed by atoms with E-state index in [9.17, 15) is 10.1 Å². The summed E-state index contributed by atoms with van der Waals surface area (Å²) in [4.78, 5) is 18.9. The minimum Gasteiger partial charge on any atom is -0.489 e. The lowest BCUT2D eigenvalue weighted by atomic mass is 10.00. The number of carbonyl (C=O) groups excluding carboxylic acids is 1. The van der Waals surface area contributed by atoms with E-state index in [0.717, 1.165) is 62.4 Å². The number of nitrogens with zero attached hydrogens (tertiary/aromatic N) is 3. The molecule has 9 heteroatoms. The smallest absolute Gasteiger partial charge is 0.386 e. The fourth-order valence-electron chi connectivity index (χ4n) is 5.14. The summed E-state index contributed by atoms with van der Waals surface area (Å²) in [6.07, 6.45) is 3.52. The minimum atomic E-state index is -0.124. The summed E-state index contributed by atoms with van der Waals surface area (Å²) in [5.74, 6) is 1.48. The zero-order chi connectivity index (χ0) is 29.3. The maximum absolute atomic E-state index is 12.7. The Morgan fingerprint density at radius 2 is 1.81 bits per heavy atom. The normalized spacial score (nSPS) is 16.4. The van der Waals surface area contributed by atoms with Crippen molar-refractivity contribution in [2.45, 2.75) is 25.9 Å². The van der Waals surface area contributed by atoms with E-state index in [2.05, 4.69) is 21.1 Å². The second kappa shape index (κ2) is 14.0. The van der Waals surface area contributed by atoms with Crippen molar-refractivity contribution in [2.75, 3.05) is 52.6 Å². The molecule has 3 heterocycles. The highest BCUT2D eigenvalue weighted by Crippen LogP contribution is 2.39. The number of morpholine rings is 1. The number of ether oxygens (including phenoxy) is 3. The highest BCUT2D eigenvalue weighted by molar-refractivity contribution is 5.94. The number of furan rings is 1. The zero-order valence-corrected chi connectivity index (χ0v) is 23.8. The topological polar surface area (TPSA) is 101 Å². The van der Waals surface area contributed by atoms with Crippen LogP contribution in [0.4, 0.5) is 5.69 Å². The Morgan fingerprint density at radius 1 is 1.10 bits per heavy atom. The van der Waals surface area contributed by atoms with Crippen LogP contribution in [0.2, 0.25) is 0 Å². The van der Waals surface area contributed by atoms with Crippen LogP contribution in [0.3, 0.4) is 0 Å². The van der Waals surface area contributed by atoms with E-state index in [1.54, 1.807) is 24.3 Å². The molecule has 1 aromatic heterocycles. The molecular formula is C33H35N4O5+. The number of nitrogens with one attached hydrogen (secondary N) is 1. The first-order chi connectivity index (χ1) is 20.6. The Hall–Kier alpha value is -4.41. The molecule has 9 nitrogen and oxygen atoms in total. The van der Waals surface area contributed by atoms with Crippen LogP contribution in [0.25, 0.3) is 21.7 Å². The molecule has 2 aliphatic heterocycles. The van der Waals surface area contributed by atoms with Crippen molar-refractivity contribution in [2.24, 2.45) is 0 Å². The maximum Gasteiger partial charge on any atom is 0.386 e. The molecule has 2 aromatic carbocycles. The van der Waals surface area contributed by atoms with Crippen LogP contribution in [0, 0.1) is 17.9 Å². The highest BCUT2D eigenvalue weighted by Gasteiger charge is 2.25. The second-order valence-electron chi connectivity index (χ2n) is 10.2. The van der Waals surface area contributed by atoms with Gasteiger partial charge in [-0.2, -0.15) is 5.26 Å². The Balaban J connectivity index is 1.29. The van der Waals surface area contributed by atoms with E-state index in [1.165, 1.54) is 0 Å². The van der Waals surface area contributed by atoms with Crippen molar-refractivity contribution < 1.29 is 23.4 Å². The number of hydrogen-bond donors (Lipinski definition) is 1. The third kappa shape index (κ3) is 6.89. The SMILES string of the molecule is C#[N+]c1cc(-c2ccc(C(=O)NCCN3CCOCC3)cc2)oc1C(=CC)c1ccc(OC2CCOCC2)c(C#N)c1. The number of hydrogen-bond acceptors (Lipinski definition) is 7. The maximum atomic E-state index is 12.7. The van der Waals surface area contributed by atoms with E-state index >= 15 is 0 Å². The summed E-state index contributed by atoms with van der Waals surface area (Å²) in [7, 11) is 0. The van der Waals surface area contributed by atoms with Crippen LogP contribution in [-0.4, -0.2) is 69.5 Å². The molecule has 0 saturated carbocycles. The Kier molecular flexibility index (Phi) is 9.68. The molecule has 0 radical (unpaired) electrons. The van der Waals surface area contributed by atoms with E-state index in [1.807, 2.05) is 37.3 Å². The zero-order valence-electron chi connectivity index (χ0n) is 23.8. The number of amides is 1. The second-order valence-corrected chi connectivity index (χ2v) is 10.2. The summed E-state index contributed by atoms with van der Waals surface area (Å²) in [5.41, 5.74) is 3.79. The molecule has 2 aliphatic rings. The van der Waals surface area contributed by atoms with Gasteiger partial charge in [-0.05, 0) is 41.6 Å². The Bertz CT molecular complexity index is 1500. The first-order valence-electron chi connectivity index (χ1n) is 14.3. The summed E-state index contributed by atoms with van der Waals surface area (Å²) in [6, 6.07) is 16.8. The van der Waals surface area contributed by atoms with Crippen molar-refractivity contribution in [3.63, 3.8) is 0 Å². The van der Waals surface area contributed by atoms with Gasteiger partial charge in [0.05, 0.1) is 38.1 Å². The number of carbonyl (C=O) groups is 1. The van der Waals surface area contributed by atoms with Crippen LogP contribution in [0.15, 0.2) is 59.0 Å².